The summed E-state index contributed by atoms with van der Waals surface area (Å²) in [5.74, 6) is 1.95. The van der Waals surface area contributed by atoms with Gasteiger partial charge >= 0.3 is 0 Å². The van der Waals surface area contributed by atoms with Gasteiger partial charge in [0.25, 0.3) is 0 Å². The third-order valence-electron chi connectivity index (χ3n) is 4.52. The molecule has 1 atom stereocenters. The predicted molar refractivity (Wildman–Crippen MR) is 95.1 cm³/mol. The van der Waals surface area contributed by atoms with Crippen LogP contribution in [0.5, 0.6) is 5.75 Å². The highest BCUT2D eigenvalue weighted by Crippen LogP contribution is 2.32. The molecule has 0 N–H and O–H groups in total. The van der Waals surface area contributed by atoms with Crippen LogP contribution in [0.3, 0.4) is 0 Å². The van der Waals surface area contributed by atoms with Gasteiger partial charge in [0.2, 0.25) is 0 Å². The van der Waals surface area contributed by atoms with Gasteiger partial charge in [-0.15, -0.1) is 0 Å². The van der Waals surface area contributed by atoms with Gasteiger partial charge in [0, 0.05) is 12.6 Å². The quantitative estimate of drug-likeness (QED) is 0.783. The van der Waals surface area contributed by atoms with Crippen LogP contribution in [0.1, 0.15) is 62.6 Å². The molecule has 2 heterocycles. The number of benzene rings is 1. The number of ether oxygens (including phenoxy) is 1. The van der Waals surface area contributed by atoms with Crippen molar-refractivity contribution in [2.24, 2.45) is 0 Å². The van der Waals surface area contributed by atoms with E-state index in [0.29, 0.717) is 6.04 Å². The monoisotopic (exact) mass is 328 g/mol. The molecule has 0 saturated carbocycles. The predicted octanol–water partition coefficient (Wildman–Crippen LogP) is 4.89. The van der Waals surface area contributed by atoms with Gasteiger partial charge in [0.05, 0.1) is 17.8 Å². The topological polar surface area (TPSA) is 38.5 Å². The molecule has 2 aromatic rings. The largest absolute Gasteiger partial charge is 0.491 e. The second-order valence-corrected chi connectivity index (χ2v) is 7.02. The summed E-state index contributed by atoms with van der Waals surface area (Å²) in [4.78, 5) is 2.53. The molecule has 0 spiro atoms. The first-order valence-corrected chi connectivity index (χ1v) is 9.04. The lowest BCUT2D eigenvalue weighted by atomic mass is 10.1. The standard InChI is InChI=1S/C20H28N2O2/c1-15(2)23-18-10-8-17(9-11-18)14-22-12-6-4-5-7-19(22)20-13-16(3)21-24-20/h8-11,13,15,19H,4-7,12,14H2,1-3H3/t19-/m0/s1. The van der Waals surface area contributed by atoms with E-state index < -0.39 is 0 Å². The third-order valence-corrected chi connectivity index (χ3v) is 4.52. The first-order chi connectivity index (χ1) is 11.6. The molecule has 0 radical (unpaired) electrons. The Kier molecular flexibility index (Phi) is 5.56. The number of aromatic nitrogens is 1. The molecule has 1 aromatic heterocycles. The summed E-state index contributed by atoms with van der Waals surface area (Å²) in [5.41, 5.74) is 2.28. The minimum Gasteiger partial charge on any atom is -0.491 e. The summed E-state index contributed by atoms with van der Waals surface area (Å²) in [7, 11) is 0. The zero-order valence-electron chi connectivity index (χ0n) is 15.0. The van der Waals surface area contributed by atoms with Crippen LogP contribution in [0.25, 0.3) is 0 Å². The zero-order valence-corrected chi connectivity index (χ0v) is 15.0. The molecule has 4 heteroatoms. The maximum Gasteiger partial charge on any atom is 0.154 e. The van der Waals surface area contributed by atoms with Crippen molar-refractivity contribution < 1.29 is 9.26 Å². The van der Waals surface area contributed by atoms with Crippen LogP contribution in [0, 0.1) is 6.92 Å². The zero-order chi connectivity index (χ0) is 16.9. The molecule has 0 unspecified atom stereocenters. The van der Waals surface area contributed by atoms with Crippen molar-refractivity contribution in [1.82, 2.24) is 10.1 Å². The molecule has 1 aliphatic heterocycles. The lowest BCUT2D eigenvalue weighted by Crippen LogP contribution is -2.27. The molecular weight excluding hydrogens is 300 g/mol. The van der Waals surface area contributed by atoms with Gasteiger partial charge in [0.1, 0.15) is 5.75 Å². The van der Waals surface area contributed by atoms with Gasteiger partial charge in [-0.3, -0.25) is 4.90 Å². The summed E-state index contributed by atoms with van der Waals surface area (Å²) in [6, 6.07) is 10.9. The Bertz CT molecular complexity index is 633. The Morgan fingerprint density at radius 1 is 1.21 bits per heavy atom. The van der Waals surface area contributed by atoms with Crippen molar-refractivity contribution >= 4 is 0 Å². The number of likely N-dealkylation sites (tertiary alicyclic amines) is 1. The molecule has 4 nitrogen and oxygen atoms in total. The minimum atomic E-state index is 0.209. The molecular formula is C20H28N2O2. The van der Waals surface area contributed by atoms with E-state index >= 15 is 0 Å². The van der Waals surface area contributed by atoms with Crippen LogP contribution in [-0.4, -0.2) is 22.7 Å². The second-order valence-electron chi connectivity index (χ2n) is 7.02. The molecule has 130 valence electrons. The van der Waals surface area contributed by atoms with E-state index in [1.807, 2.05) is 6.92 Å². The maximum absolute atomic E-state index is 5.74. The van der Waals surface area contributed by atoms with E-state index in [4.69, 9.17) is 9.26 Å². The number of hydrogen-bond acceptors (Lipinski definition) is 4. The van der Waals surface area contributed by atoms with E-state index in [1.165, 1.54) is 24.8 Å². The van der Waals surface area contributed by atoms with Crippen LogP contribution in [0.15, 0.2) is 34.9 Å². The lowest BCUT2D eigenvalue weighted by molar-refractivity contribution is 0.160. The normalized spacial score (nSPS) is 19.4. The lowest BCUT2D eigenvalue weighted by Gasteiger charge is -2.28. The second kappa shape index (κ2) is 7.84. The average Bonchev–Trinajstić information content (AvgIpc) is 2.84. The number of nitrogens with zero attached hydrogens (tertiary/aromatic N) is 2. The summed E-state index contributed by atoms with van der Waals surface area (Å²) < 4.78 is 11.3. The fourth-order valence-corrected chi connectivity index (χ4v) is 3.40. The van der Waals surface area contributed by atoms with E-state index in [9.17, 15) is 0 Å². The highest BCUT2D eigenvalue weighted by Gasteiger charge is 2.25. The van der Waals surface area contributed by atoms with E-state index in [1.54, 1.807) is 0 Å². The van der Waals surface area contributed by atoms with Crippen molar-refractivity contribution in [2.75, 3.05) is 6.54 Å². The van der Waals surface area contributed by atoms with Crippen molar-refractivity contribution in [3.8, 4) is 5.75 Å². The first kappa shape index (κ1) is 17.0. The van der Waals surface area contributed by atoms with Gasteiger partial charge in [-0.05, 0) is 57.9 Å². The Morgan fingerprint density at radius 3 is 2.67 bits per heavy atom. The number of rotatable bonds is 5. The Morgan fingerprint density at radius 2 is 2.00 bits per heavy atom. The third kappa shape index (κ3) is 4.38. The Balaban J connectivity index is 1.72. The summed E-state index contributed by atoms with van der Waals surface area (Å²) in [6.07, 6.45) is 5.14. The molecule has 1 saturated heterocycles. The molecule has 3 rings (SSSR count). The van der Waals surface area contributed by atoms with Crippen LogP contribution in [-0.2, 0) is 6.54 Å². The number of aryl methyl sites for hydroxylation is 1. The van der Waals surface area contributed by atoms with Crippen LogP contribution in [0.2, 0.25) is 0 Å². The number of hydrogen-bond donors (Lipinski definition) is 0. The molecule has 0 amide bonds. The smallest absolute Gasteiger partial charge is 0.154 e. The minimum absolute atomic E-state index is 0.209. The SMILES string of the molecule is Cc1cc([C@@H]2CCCCCN2Cc2ccc(OC(C)C)cc2)on1. The van der Waals surface area contributed by atoms with Crippen molar-refractivity contribution in [3.05, 3.63) is 47.3 Å². The van der Waals surface area contributed by atoms with Gasteiger partial charge in [-0.25, -0.2) is 0 Å². The summed E-state index contributed by atoms with van der Waals surface area (Å²) in [6.45, 7) is 8.13. The van der Waals surface area contributed by atoms with Crippen molar-refractivity contribution in [3.63, 3.8) is 0 Å². The van der Waals surface area contributed by atoms with E-state index in [2.05, 4.69) is 54.2 Å². The van der Waals surface area contributed by atoms with Crippen molar-refractivity contribution in [2.45, 2.75) is 65.1 Å². The van der Waals surface area contributed by atoms with Gasteiger partial charge in [-0.1, -0.05) is 30.1 Å². The molecule has 1 aromatic carbocycles. The van der Waals surface area contributed by atoms with Crippen LogP contribution >= 0.6 is 0 Å². The average molecular weight is 328 g/mol. The van der Waals surface area contributed by atoms with Gasteiger partial charge in [-0.2, -0.15) is 0 Å². The molecule has 24 heavy (non-hydrogen) atoms. The molecule has 0 bridgehead atoms. The first-order valence-electron chi connectivity index (χ1n) is 9.04. The highest BCUT2D eigenvalue weighted by atomic mass is 16.5. The van der Waals surface area contributed by atoms with Crippen LogP contribution < -0.4 is 4.74 Å². The molecule has 1 aliphatic rings. The fourth-order valence-electron chi connectivity index (χ4n) is 3.40. The summed E-state index contributed by atoms with van der Waals surface area (Å²) in [5, 5.41) is 4.08. The van der Waals surface area contributed by atoms with Crippen LogP contribution in [0.4, 0.5) is 0 Å². The van der Waals surface area contributed by atoms with Gasteiger partial charge < -0.3 is 9.26 Å². The van der Waals surface area contributed by atoms with E-state index in [-0.39, 0.29) is 6.10 Å². The molecule has 1 fully saturated rings. The summed E-state index contributed by atoms with van der Waals surface area (Å²) >= 11 is 0. The Labute approximate surface area is 144 Å². The highest BCUT2D eigenvalue weighted by molar-refractivity contribution is 5.27. The Hall–Kier alpha value is -1.81. The fraction of sp³-hybridized carbons (Fsp3) is 0.550. The van der Waals surface area contributed by atoms with Gasteiger partial charge in [0.15, 0.2) is 5.76 Å². The van der Waals surface area contributed by atoms with E-state index in [0.717, 1.165) is 36.7 Å². The van der Waals surface area contributed by atoms with Crippen molar-refractivity contribution in [1.29, 1.82) is 0 Å². The maximum atomic E-state index is 5.74. The molecule has 0 aliphatic carbocycles.